The van der Waals surface area contributed by atoms with Gasteiger partial charge >= 0.3 is 0 Å². The molecule has 2 N–H and O–H groups in total. The molecule has 0 aliphatic heterocycles. The van der Waals surface area contributed by atoms with Crippen LogP contribution in [-0.4, -0.2) is 13.6 Å². The Bertz CT molecular complexity index is 551. The average molecular weight is 323 g/mol. The van der Waals surface area contributed by atoms with Crippen molar-refractivity contribution >= 4 is 21.6 Å². The molecule has 2 aromatic rings. The van der Waals surface area contributed by atoms with Crippen molar-refractivity contribution < 1.29 is 4.42 Å². The van der Waals surface area contributed by atoms with Gasteiger partial charge in [0.05, 0.1) is 6.26 Å². The van der Waals surface area contributed by atoms with Crippen molar-refractivity contribution in [3.63, 3.8) is 0 Å². The lowest BCUT2D eigenvalue weighted by atomic mass is 10.1. The van der Waals surface area contributed by atoms with Crippen LogP contribution in [0, 0.1) is 6.92 Å². The second-order valence-electron chi connectivity index (χ2n) is 4.67. The molecular weight excluding hydrogens is 304 g/mol. The summed E-state index contributed by atoms with van der Waals surface area (Å²) in [5.74, 6) is 0.974. The van der Waals surface area contributed by atoms with E-state index in [4.69, 9.17) is 10.2 Å². The smallest absolute Gasteiger partial charge is 0.105 e. The number of hydrogen-bond acceptors (Lipinski definition) is 3. The van der Waals surface area contributed by atoms with Crippen LogP contribution >= 0.6 is 15.9 Å². The first-order valence-corrected chi connectivity index (χ1v) is 7.13. The first-order chi connectivity index (χ1) is 9.11. The van der Waals surface area contributed by atoms with E-state index in [0.29, 0.717) is 6.54 Å². The Kier molecular flexibility index (Phi) is 4.66. The Morgan fingerprint density at radius 1 is 1.26 bits per heavy atom. The summed E-state index contributed by atoms with van der Waals surface area (Å²) in [5, 5.41) is 0. The highest BCUT2D eigenvalue weighted by molar-refractivity contribution is 9.10. The molecule has 102 valence electrons. The summed E-state index contributed by atoms with van der Waals surface area (Å²) in [6.07, 6.45) is 2.62. The van der Waals surface area contributed by atoms with E-state index in [2.05, 4.69) is 46.1 Å². The summed E-state index contributed by atoms with van der Waals surface area (Å²) in [4.78, 5) is 2.23. The Morgan fingerprint density at radius 2 is 2.05 bits per heavy atom. The third-order valence-corrected chi connectivity index (χ3v) is 3.74. The van der Waals surface area contributed by atoms with Crippen LogP contribution in [-0.2, 0) is 13.0 Å². The lowest BCUT2D eigenvalue weighted by molar-refractivity contribution is 0.529. The predicted molar refractivity (Wildman–Crippen MR) is 82.5 cm³/mol. The second-order valence-corrected chi connectivity index (χ2v) is 5.59. The number of rotatable bonds is 5. The maximum absolute atomic E-state index is 5.68. The molecule has 0 aliphatic rings. The van der Waals surface area contributed by atoms with Crippen LogP contribution in [0.25, 0.3) is 0 Å². The molecule has 0 bridgehead atoms. The molecule has 0 radical (unpaired) electrons. The molecule has 0 amide bonds. The first kappa shape index (κ1) is 14.2. The van der Waals surface area contributed by atoms with Crippen LogP contribution in [0.2, 0.25) is 0 Å². The van der Waals surface area contributed by atoms with Crippen molar-refractivity contribution in [2.24, 2.45) is 5.73 Å². The topological polar surface area (TPSA) is 42.4 Å². The van der Waals surface area contributed by atoms with Gasteiger partial charge in [0.25, 0.3) is 0 Å². The van der Waals surface area contributed by atoms with Gasteiger partial charge in [-0.05, 0) is 43.7 Å². The van der Waals surface area contributed by atoms with Gasteiger partial charge in [-0.25, -0.2) is 0 Å². The summed E-state index contributed by atoms with van der Waals surface area (Å²) < 4.78 is 6.43. The summed E-state index contributed by atoms with van der Waals surface area (Å²) in [6, 6.07) is 8.35. The maximum Gasteiger partial charge on any atom is 0.105 e. The Morgan fingerprint density at radius 3 is 2.68 bits per heavy atom. The van der Waals surface area contributed by atoms with Gasteiger partial charge in [-0.15, -0.1) is 0 Å². The van der Waals surface area contributed by atoms with Crippen molar-refractivity contribution in [2.75, 3.05) is 18.5 Å². The summed E-state index contributed by atoms with van der Waals surface area (Å²) in [5.41, 5.74) is 9.37. The third kappa shape index (κ3) is 3.39. The van der Waals surface area contributed by atoms with Crippen LogP contribution in [0.15, 0.2) is 39.4 Å². The quantitative estimate of drug-likeness (QED) is 0.916. The van der Waals surface area contributed by atoms with E-state index in [9.17, 15) is 0 Å². The fourth-order valence-electron chi connectivity index (χ4n) is 2.18. The van der Waals surface area contributed by atoms with Gasteiger partial charge < -0.3 is 15.1 Å². The molecule has 1 aromatic heterocycles. The highest BCUT2D eigenvalue weighted by Gasteiger charge is 2.10. The van der Waals surface area contributed by atoms with E-state index in [1.807, 2.05) is 13.0 Å². The molecule has 19 heavy (non-hydrogen) atoms. The highest BCUT2D eigenvalue weighted by atomic mass is 79.9. The van der Waals surface area contributed by atoms with Gasteiger partial charge in [-0.1, -0.05) is 22.0 Å². The molecule has 3 nitrogen and oxygen atoms in total. The number of nitrogens with zero attached hydrogens (tertiary/aromatic N) is 1. The minimum absolute atomic E-state index is 0.660. The van der Waals surface area contributed by atoms with Crippen molar-refractivity contribution in [1.82, 2.24) is 0 Å². The number of anilines is 1. The van der Waals surface area contributed by atoms with Crippen molar-refractivity contribution in [2.45, 2.75) is 19.9 Å². The zero-order valence-electron chi connectivity index (χ0n) is 11.3. The van der Waals surface area contributed by atoms with Gasteiger partial charge in [0.2, 0.25) is 0 Å². The molecule has 1 aromatic carbocycles. The largest absolute Gasteiger partial charge is 0.469 e. The van der Waals surface area contributed by atoms with Gasteiger partial charge in [-0.3, -0.25) is 0 Å². The number of hydrogen-bond donors (Lipinski definition) is 1. The second kappa shape index (κ2) is 6.26. The van der Waals surface area contributed by atoms with Crippen molar-refractivity contribution in [1.29, 1.82) is 0 Å². The number of furan rings is 1. The molecule has 0 saturated carbocycles. The lowest BCUT2D eigenvalue weighted by Gasteiger charge is -2.22. The van der Waals surface area contributed by atoms with Crippen molar-refractivity contribution in [3.8, 4) is 0 Å². The minimum atomic E-state index is 0.660. The zero-order valence-corrected chi connectivity index (χ0v) is 12.9. The molecule has 0 fully saturated rings. The standard InChI is InChI=1S/C15H19BrN2O/c1-11-13(6-8-19-11)10-18(2)15-9-14(16)4-3-12(15)5-7-17/h3-4,6,8-9H,5,7,10,17H2,1-2H3. The summed E-state index contributed by atoms with van der Waals surface area (Å²) >= 11 is 3.53. The number of nitrogens with two attached hydrogens (primary N) is 1. The normalized spacial score (nSPS) is 10.7. The van der Waals surface area contributed by atoms with E-state index in [1.165, 1.54) is 16.8 Å². The summed E-state index contributed by atoms with van der Waals surface area (Å²) in [6.45, 7) is 3.48. The van der Waals surface area contributed by atoms with Gasteiger partial charge in [0.1, 0.15) is 5.76 Å². The number of halogens is 1. The predicted octanol–water partition coefficient (Wildman–Crippen LogP) is 3.49. The first-order valence-electron chi connectivity index (χ1n) is 6.34. The van der Waals surface area contributed by atoms with E-state index in [-0.39, 0.29) is 0 Å². The fraction of sp³-hybridized carbons (Fsp3) is 0.333. The Labute approximate surface area is 122 Å². The molecule has 0 aliphatic carbocycles. The molecule has 1 heterocycles. The molecule has 0 atom stereocenters. The zero-order chi connectivity index (χ0) is 13.8. The minimum Gasteiger partial charge on any atom is -0.469 e. The average Bonchev–Trinajstić information content (AvgIpc) is 2.77. The molecule has 0 spiro atoms. The third-order valence-electron chi connectivity index (χ3n) is 3.25. The van der Waals surface area contributed by atoms with Crippen LogP contribution in [0.1, 0.15) is 16.9 Å². The number of aryl methyl sites for hydroxylation is 1. The molecular formula is C15H19BrN2O. The van der Waals surface area contributed by atoms with Crippen LogP contribution in [0.3, 0.4) is 0 Å². The van der Waals surface area contributed by atoms with Crippen LogP contribution in [0.5, 0.6) is 0 Å². The van der Waals surface area contributed by atoms with Gasteiger partial charge in [-0.2, -0.15) is 0 Å². The van der Waals surface area contributed by atoms with E-state index < -0.39 is 0 Å². The van der Waals surface area contributed by atoms with Crippen LogP contribution in [0.4, 0.5) is 5.69 Å². The highest BCUT2D eigenvalue weighted by Crippen LogP contribution is 2.26. The Balaban J connectivity index is 2.24. The fourth-order valence-corrected chi connectivity index (χ4v) is 2.52. The number of benzene rings is 1. The molecule has 0 saturated heterocycles. The molecule has 4 heteroatoms. The van der Waals surface area contributed by atoms with Gasteiger partial charge in [0.15, 0.2) is 0 Å². The van der Waals surface area contributed by atoms with Crippen LogP contribution < -0.4 is 10.6 Å². The van der Waals surface area contributed by atoms with Gasteiger partial charge in [0, 0.05) is 29.3 Å². The Hall–Kier alpha value is -1.26. The summed E-state index contributed by atoms with van der Waals surface area (Å²) in [7, 11) is 2.09. The van der Waals surface area contributed by atoms with E-state index >= 15 is 0 Å². The van der Waals surface area contributed by atoms with E-state index in [0.717, 1.165) is 23.2 Å². The van der Waals surface area contributed by atoms with E-state index in [1.54, 1.807) is 6.26 Å². The monoisotopic (exact) mass is 322 g/mol. The van der Waals surface area contributed by atoms with Crippen molar-refractivity contribution in [3.05, 3.63) is 51.9 Å². The maximum atomic E-state index is 5.68. The molecule has 0 unspecified atom stereocenters. The lowest BCUT2D eigenvalue weighted by Crippen LogP contribution is -2.19. The SMILES string of the molecule is Cc1occc1CN(C)c1cc(Br)ccc1CCN. The molecule has 2 rings (SSSR count).